The molecule has 1 aromatic rings. The summed E-state index contributed by atoms with van der Waals surface area (Å²) in [6, 6.07) is 2.17. The van der Waals surface area contributed by atoms with E-state index >= 15 is 0 Å². The summed E-state index contributed by atoms with van der Waals surface area (Å²) in [7, 11) is 0. The third-order valence-electron chi connectivity index (χ3n) is 3.38. The van der Waals surface area contributed by atoms with Crippen molar-refractivity contribution in [2.45, 2.75) is 25.1 Å². The molecule has 1 saturated heterocycles. The summed E-state index contributed by atoms with van der Waals surface area (Å²) >= 11 is 0. The second-order valence-corrected chi connectivity index (χ2v) is 4.64. The first-order valence-electron chi connectivity index (χ1n) is 6.13. The molecule has 0 aliphatic carbocycles. The first-order chi connectivity index (χ1) is 9.36. The summed E-state index contributed by atoms with van der Waals surface area (Å²) in [4.78, 5) is 13.3. The van der Waals surface area contributed by atoms with Gasteiger partial charge < -0.3 is 10.0 Å². The maximum atomic E-state index is 13.9. The van der Waals surface area contributed by atoms with E-state index in [1.165, 1.54) is 4.90 Å². The number of amides is 1. The highest BCUT2D eigenvalue weighted by molar-refractivity contribution is 5.95. The predicted octanol–water partition coefficient (Wildman–Crippen LogP) is 2.44. The zero-order valence-corrected chi connectivity index (χ0v) is 10.5. The van der Waals surface area contributed by atoms with Crippen LogP contribution in [0.3, 0.4) is 0 Å². The fourth-order valence-electron chi connectivity index (χ4n) is 2.36. The van der Waals surface area contributed by atoms with Crippen LogP contribution < -0.4 is 0 Å². The molecule has 1 unspecified atom stereocenters. The van der Waals surface area contributed by atoms with E-state index in [0.29, 0.717) is 25.5 Å². The maximum Gasteiger partial charge on any atom is 0.419 e. The Morgan fingerprint density at radius 1 is 1.40 bits per heavy atom. The topological polar surface area (TPSA) is 40.5 Å². The lowest BCUT2D eigenvalue weighted by atomic mass is 10.1. The molecule has 3 nitrogen and oxygen atoms in total. The summed E-state index contributed by atoms with van der Waals surface area (Å²) in [5.41, 5.74) is -2.07. The summed E-state index contributed by atoms with van der Waals surface area (Å²) in [5.74, 6) is -2.38. The molecule has 0 aromatic heterocycles. The van der Waals surface area contributed by atoms with Gasteiger partial charge in [0.25, 0.3) is 5.91 Å². The Morgan fingerprint density at radius 2 is 2.10 bits per heavy atom. The normalized spacial score (nSPS) is 19.4. The fraction of sp³-hybridized carbons (Fsp3) is 0.462. The maximum absolute atomic E-state index is 13.9. The third kappa shape index (κ3) is 2.63. The Hall–Kier alpha value is -1.63. The molecule has 0 spiro atoms. The van der Waals surface area contributed by atoms with Gasteiger partial charge in [0.1, 0.15) is 5.82 Å². The number of benzene rings is 1. The van der Waals surface area contributed by atoms with Crippen LogP contribution in [0.15, 0.2) is 18.2 Å². The van der Waals surface area contributed by atoms with Crippen molar-refractivity contribution in [1.82, 2.24) is 4.90 Å². The van der Waals surface area contributed by atoms with Crippen LogP contribution in [0, 0.1) is 5.82 Å². The summed E-state index contributed by atoms with van der Waals surface area (Å²) < 4.78 is 51.7. The molecule has 1 aromatic carbocycles. The van der Waals surface area contributed by atoms with Crippen LogP contribution in [0.1, 0.15) is 28.8 Å². The molecule has 1 amide bonds. The molecule has 1 aliphatic heterocycles. The lowest BCUT2D eigenvalue weighted by Crippen LogP contribution is -2.38. The van der Waals surface area contributed by atoms with Gasteiger partial charge in [-0.05, 0) is 25.0 Å². The van der Waals surface area contributed by atoms with E-state index < -0.39 is 35.1 Å². The number of carbonyl (C=O) groups is 1. The van der Waals surface area contributed by atoms with Gasteiger partial charge in [-0.25, -0.2) is 4.39 Å². The van der Waals surface area contributed by atoms with Gasteiger partial charge in [0.2, 0.25) is 0 Å². The van der Waals surface area contributed by atoms with Gasteiger partial charge in [0, 0.05) is 6.54 Å². The lowest BCUT2D eigenvalue weighted by Gasteiger charge is -2.23. The first-order valence-corrected chi connectivity index (χ1v) is 6.13. The van der Waals surface area contributed by atoms with E-state index in [-0.39, 0.29) is 6.61 Å². The van der Waals surface area contributed by atoms with Crippen LogP contribution >= 0.6 is 0 Å². The number of aliphatic hydroxyl groups excluding tert-OH is 1. The molecule has 0 bridgehead atoms. The quantitative estimate of drug-likeness (QED) is 0.850. The highest BCUT2D eigenvalue weighted by atomic mass is 19.4. The molecule has 1 N–H and O–H groups in total. The van der Waals surface area contributed by atoms with Crippen molar-refractivity contribution in [3.8, 4) is 0 Å². The van der Waals surface area contributed by atoms with Crippen LogP contribution in [0.5, 0.6) is 0 Å². The second kappa shape index (κ2) is 5.40. The number of halogens is 4. The van der Waals surface area contributed by atoms with Gasteiger partial charge in [-0.3, -0.25) is 4.79 Å². The fourth-order valence-corrected chi connectivity index (χ4v) is 2.36. The Bertz CT molecular complexity index is 516. The molecule has 1 fully saturated rings. The molecule has 7 heteroatoms. The molecule has 1 atom stereocenters. The number of hydrogen-bond donors (Lipinski definition) is 1. The number of aliphatic hydroxyl groups is 1. The number of hydrogen-bond acceptors (Lipinski definition) is 2. The van der Waals surface area contributed by atoms with E-state index in [1.54, 1.807) is 0 Å². The van der Waals surface area contributed by atoms with Gasteiger partial charge >= 0.3 is 6.18 Å². The van der Waals surface area contributed by atoms with Gasteiger partial charge in [-0.15, -0.1) is 0 Å². The molecule has 0 radical (unpaired) electrons. The second-order valence-electron chi connectivity index (χ2n) is 4.64. The largest absolute Gasteiger partial charge is 0.419 e. The van der Waals surface area contributed by atoms with E-state index in [0.717, 1.165) is 12.1 Å². The Morgan fingerprint density at radius 3 is 2.70 bits per heavy atom. The van der Waals surface area contributed by atoms with Gasteiger partial charge in [0.15, 0.2) is 0 Å². The smallest absolute Gasteiger partial charge is 0.394 e. The molecular formula is C13H13F4NO2. The van der Waals surface area contributed by atoms with Gasteiger partial charge in [-0.2, -0.15) is 13.2 Å². The van der Waals surface area contributed by atoms with E-state index in [9.17, 15) is 22.4 Å². The first kappa shape index (κ1) is 14.8. The third-order valence-corrected chi connectivity index (χ3v) is 3.38. The highest BCUT2D eigenvalue weighted by Gasteiger charge is 2.37. The Labute approximate surface area is 112 Å². The van der Waals surface area contributed by atoms with Crippen molar-refractivity contribution in [3.05, 3.63) is 35.1 Å². The van der Waals surface area contributed by atoms with Crippen LogP contribution in [0.4, 0.5) is 17.6 Å². The minimum atomic E-state index is -4.85. The van der Waals surface area contributed by atoms with Crippen LogP contribution in [0.25, 0.3) is 0 Å². The molecule has 2 rings (SSSR count). The van der Waals surface area contributed by atoms with E-state index in [4.69, 9.17) is 5.11 Å². The van der Waals surface area contributed by atoms with Crippen molar-refractivity contribution in [1.29, 1.82) is 0 Å². The SMILES string of the molecule is O=C(c1cccc(C(F)(F)F)c1F)N1CCCC1CO. The molecular weight excluding hydrogens is 278 g/mol. The number of rotatable bonds is 2. The van der Waals surface area contributed by atoms with Crippen LogP contribution in [-0.4, -0.2) is 35.1 Å². The average molecular weight is 291 g/mol. The Balaban J connectivity index is 2.36. The predicted molar refractivity (Wildman–Crippen MR) is 62.5 cm³/mol. The van der Waals surface area contributed by atoms with Crippen LogP contribution in [0.2, 0.25) is 0 Å². The van der Waals surface area contributed by atoms with Crippen molar-refractivity contribution in [2.24, 2.45) is 0 Å². The zero-order valence-electron chi connectivity index (χ0n) is 10.5. The molecule has 20 heavy (non-hydrogen) atoms. The average Bonchev–Trinajstić information content (AvgIpc) is 2.85. The summed E-state index contributed by atoms with van der Waals surface area (Å²) in [6.45, 7) is 0.0199. The lowest BCUT2D eigenvalue weighted by molar-refractivity contribution is -0.140. The minimum absolute atomic E-state index is 0.285. The standard InChI is InChI=1S/C13H13F4NO2/c14-11-9(4-1-5-10(11)13(15,16)17)12(20)18-6-2-3-8(18)7-19/h1,4-5,8,19H,2-3,6-7H2. The number of nitrogens with zero attached hydrogens (tertiary/aromatic N) is 1. The van der Waals surface area contributed by atoms with Crippen molar-refractivity contribution >= 4 is 5.91 Å². The number of likely N-dealkylation sites (tertiary alicyclic amines) is 1. The summed E-state index contributed by atoms with van der Waals surface area (Å²) in [5, 5.41) is 9.12. The minimum Gasteiger partial charge on any atom is -0.394 e. The van der Waals surface area contributed by atoms with Crippen molar-refractivity contribution in [2.75, 3.05) is 13.2 Å². The van der Waals surface area contributed by atoms with Crippen molar-refractivity contribution < 1.29 is 27.5 Å². The van der Waals surface area contributed by atoms with Gasteiger partial charge in [-0.1, -0.05) is 6.07 Å². The zero-order chi connectivity index (χ0) is 14.9. The molecule has 1 aliphatic rings. The molecule has 110 valence electrons. The van der Waals surface area contributed by atoms with E-state index in [2.05, 4.69) is 0 Å². The molecule has 0 saturated carbocycles. The highest BCUT2D eigenvalue weighted by Crippen LogP contribution is 2.33. The molecule has 1 heterocycles. The number of carbonyl (C=O) groups excluding carboxylic acids is 1. The van der Waals surface area contributed by atoms with Crippen molar-refractivity contribution in [3.63, 3.8) is 0 Å². The number of alkyl halides is 3. The van der Waals surface area contributed by atoms with E-state index in [1.807, 2.05) is 0 Å². The van der Waals surface area contributed by atoms with Crippen LogP contribution in [-0.2, 0) is 6.18 Å². The summed E-state index contributed by atoms with van der Waals surface area (Å²) in [6.07, 6.45) is -3.65. The monoisotopic (exact) mass is 291 g/mol. The Kier molecular flexibility index (Phi) is 3.99. The van der Waals surface area contributed by atoms with Gasteiger partial charge in [0.05, 0.1) is 23.8 Å².